The summed E-state index contributed by atoms with van der Waals surface area (Å²) in [6.45, 7) is 0.101. The van der Waals surface area contributed by atoms with Crippen LogP contribution in [0.2, 0.25) is 5.02 Å². The van der Waals surface area contributed by atoms with Crippen LogP contribution in [0.1, 0.15) is 5.56 Å². The van der Waals surface area contributed by atoms with Crippen molar-refractivity contribution in [2.75, 3.05) is 5.32 Å². The first-order chi connectivity index (χ1) is 9.47. The van der Waals surface area contributed by atoms with Crippen LogP contribution in [-0.4, -0.2) is 4.92 Å². The van der Waals surface area contributed by atoms with E-state index in [2.05, 4.69) is 21.2 Å². The van der Waals surface area contributed by atoms with Crippen molar-refractivity contribution in [3.05, 3.63) is 67.4 Å². The number of halogens is 3. The topological polar surface area (TPSA) is 55.2 Å². The highest BCUT2D eigenvalue weighted by molar-refractivity contribution is 9.10. The van der Waals surface area contributed by atoms with Crippen molar-refractivity contribution in [3.63, 3.8) is 0 Å². The van der Waals surface area contributed by atoms with Crippen molar-refractivity contribution >= 4 is 38.9 Å². The number of nitrogens with one attached hydrogen (secondary N) is 1. The first kappa shape index (κ1) is 14.7. The molecule has 20 heavy (non-hydrogen) atoms. The number of nitrogens with zero attached hydrogens (tertiary/aromatic N) is 1. The molecule has 0 radical (unpaired) electrons. The SMILES string of the molecule is O=[N+]([O-])c1ccc(Cl)cc1CNc1cc(Br)ccc1F. The van der Waals surface area contributed by atoms with Gasteiger partial charge in [-0.1, -0.05) is 27.5 Å². The van der Waals surface area contributed by atoms with Crippen molar-refractivity contribution in [3.8, 4) is 0 Å². The summed E-state index contributed by atoms with van der Waals surface area (Å²) in [5, 5.41) is 14.1. The molecule has 0 saturated carbocycles. The summed E-state index contributed by atoms with van der Waals surface area (Å²) in [5.41, 5.74) is 0.591. The molecular formula is C13H9BrClFN2O2. The third-order valence-corrected chi connectivity index (χ3v) is 3.36. The van der Waals surface area contributed by atoms with Crippen LogP contribution in [0.5, 0.6) is 0 Å². The fourth-order valence-corrected chi connectivity index (χ4v) is 2.25. The lowest BCUT2D eigenvalue weighted by molar-refractivity contribution is -0.385. The fourth-order valence-electron chi connectivity index (χ4n) is 1.70. The van der Waals surface area contributed by atoms with E-state index in [1.807, 2.05) is 0 Å². The maximum absolute atomic E-state index is 13.6. The molecule has 7 heteroatoms. The third-order valence-electron chi connectivity index (χ3n) is 2.64. The molecule has 0 bridgehead atoms. The van der Waals surface area contributed by atoms with Crippen LogP contribution >= 0.6 is 27.5 Å². The van der Waals surface area contributed by atoms with Gasteiger partial charge in [0.05, 0.1) is 16.2 Å². The van der Waals surface area contributed by atoms with E-state index in [-0.39, 0.29) is 17.9 Å². The molecule has 0 aliphatic carbocycles. The summed E-state index contributed by atoms with van der Waals surface area (Å²) in [6.07, 6.45) is 0. The molecule has 2 rings (SSSR count). The molecule has 0 aromatic heterocycles. The molecule has 104 valence electrons. The number of hydrogen-bond donors (Lipinski definition) is 1. The molecule has 0 saturated heterocycles. The molecule has 0 heterocycles. The summed E-state index contributed by atoms with van der Waals surface area (Å²) in [6, 6.07) is 8.70. The van der Waals surface area contributed by atoms with E-state index in [4.69, 9.17) is 11.6 Å². The Bertz CT molecular complexity index is 667. The number of hydrogen-bond acceptors (Lipinski definition) is 3. The number of anilines is 1. The molecule has 0 amide bonds. The van der Waals surface area contributed by atoms with Crippen LogP contribution < -0.4 is 5.32 Å². The van der Waals surface area contributed by atoms with Crippen molar-refractivity contribution < 1.29 is 9.31 Å². The zero-order chi connectivity index (χ0) is 14.7. The minimum Gasteiger partial charge on any atom is -0.378 e. The van der Waals surface area contributed by atoms with E-state index >= 15 is 0 Å². The van der Waals surface area contributed by atoms with Gasteiger partial charge in [-0.05, 0) is 30.3 Å². The summed E-state index contributed by atoms with van der Waals surface area (Å²) >= 11 is 9.06. The normalized spacial score (nSPS) is 10.3. The van der Waals surface area contributed by atoms with E-state index in [1.54, 1.807) is 12.1 Å². The highest BCUT2D eigenvalue weighted by atomic mass is 79.9. The predicted octanol–water partition coefficient (Wildman–Crippen LogP) is 4.76. The highest BCUT2D eigenvalue weighted by Crippen LogP contribution is 2.25. The lowest BCUT2D eigenvalue weighted by Gasteiger charge is -2.09. The predicted molar refractivity (Wildman–Crippen MR) is 79.5 cm³/mol. The standard InChI is InChI=1S/C13H9BrClFN2O2/c14-9-1-3-11(16)12(6-9)17-7-8-5-10(15)2-4-13(8)18(19)20/h1-6,17H,7H2. The van der Waals surface area contributed by atoms with Gasteiger partial charge in [-0.3, -0.25) is 10.1 Å². The highest BCUT2D eigenvalue weighted by Gasteiger charge is 2.14. The largest absolute Gasteiger partial charge is 0.378 e. The molecule has 0 aliphatic heterocycles. The van der Waals surface area contributed by atoms with Crippen molar-refractivity contribution in [2.24, 2.45) is 0 Å². The average molecular weight is 360 g/mol. The number of benzene rings is 2. The van der Waals surface area contributed by atoms with E-state index < -0.39 is 10.7 Å². The Balaban J connectivity index is 2.24. The maximum Gasteiger partial charge on any atom is 0.274 e. The molecule has 0 fully saturated rings. The maximum atomic E-state index is 13.6. The molecule has 0 unspecified atom stereocenters. The number of rotatable bonds is 4. The molecule has 1 N–H and O–H groups in total. The van der Waals surface area contributed by atoms with Gasteiger partial charge in [-0.2, -0.15) is 0 Å². The van der Waals surface area contributed by atoms with Crippen LogP contribution in [-0.2, 0) is 6.54 Å². The number of nitro benzene ring substituents is 1. The second-order valence-corrected chi connectivity index (χ2v) is 5.36. The van der Waals surface area contributed by atoms with Gasteiger partial charge in [0, 0.05) is 22.1 Å². The Kier molecular flexibility index (Phi) is 4.57. The Morgan fingerprint density at radius 2 is 2.05 bits per heavy atom. The molecule has 0 spiro atoms. The van der Waals surface area contributed by atoms with Crippen molar-refractivity contribution in [2.45, 2.75) is 6.54 Å². The van der Waals surface area contributed by atoms with Crippen molar-refractivity contribution in [1.29, 1.82) is 0 Å². The second kappa shape index (κ2) is 6.19. The zero-order valence-electron chi connectivity index (χ0n) is 10.1. The average Bonchev–Trinajstić information content (AvgIpc) is 2.39. The summed E-state index contributed by atoms with van der Waals surface area (Å²) < 4.78 is 14.3. The quantitative estimate of drug-likeness (QED) is 0.632. The molecule has 2 aromatic rings. The molecule has 2 aromatic carbocycles. The van der Waals surface area contributed by atoms with Gasteiger partial charge in [-0.25, -0.2) is 4.39 Å². The van der Waals surface area contributed by atoms with Crippen LogP contribution in [0.25, 0.3) is 0 Å². The van der Waals surface area contributed by atoms with E-state index in [1.165, 1.54) is 24.3 Å². The van der Waals surface area contributed by atoms with Crippen LogP contribution in [0.3, 0.4) is 0 Å². The Morgan fingerprint density at radius 1 is 1.30 bits per heavy atom. The lowest BCUT2D eigenvalue weighted by atomic mass is 10.1. The van der Waals surface area contributed by atoms with Crippen molar-refractivity contribution in [1.82, 2.24) is 0 Å². The van der Waals surface area contributed by atoms with Gasteiger partial charge < -0.3 is 5.32 Å². The van der Waals surface area contributed by atoms with Gasteiger partial charge in [0.1, 0.15) is 5.82 Å². The Morgan fingerprint density at radius 3 is 2.75 bits per heavy atom. The van der Waals surface area contributed by atoms with Crippen LogP contribution in [0.4, 0.5) is 15.8 Å². The van der Waals surface area contributed by atoms with Gasteiger partial charge >= 0.3 is 0 Å². The van der Waals surface area contributed by atoms with Gasteiger partial charge in [0.25, 0.3) is 5.69 Å². The van der Waals surface area contributed by atoms with E-state index in [9.17, 15) is 14.5 Å². The summed E-state index contributed by atoms with van der Waals surface area (Å²) in [7, 11) is 0. The first-order valence-electron chi connectivity index (χ1n) is 5.59. The van der Waals surface area contributed by atoms with Crippen LogP contribution in [0.15, 0.2) is 40.9 Å². The minimum atomic E-state index is -0.495. The van der Waals surface area contributed by atoms with Gasteiger partial charge in [0.2, 0.25) is 0 Å². The molecule has 0 atom stereocenters. The van der Waals surface area contributed by atoms with Gasteiger partial charge in [-0.15, -0.1) is 0 Å². The van der Waals surface area contributed by atoms with E-state index in [0.717, 1.165) is 0 Å². The number of nitro groups is 1. The Labute approximate surface area is 127 Å². The monoisotopic (exact) mass is 358 g/mol. The minimum absolute atomic E-state index is 0.0581. The first-order valence-corrected chi connectivity index (χ1v) is 6.76. The zero-order valence-corrected chi connectivity index (χ0v) is 12.4. The second-order valence-electron chi connectivity index (χ2n) is 4.01. The molecular weight excluding hydrogens is 351 g/mol. The summed E-state index contributed by atoms with van der Waals surface area (Å²) in [4.78, 5) is 10.4. The third kappa shape index (κ3) is 3.46. The van der Waals surface area contributed by atoms with Gasteiger partial charge in [0.15, 0.2) is 0 Å². The summed E-state index contributed by atoms with van der Waals surface area (Å²) in [5.74, 6) is -0.433. The fraction of sp³-hybridized carbons (Fsp3) is 0.0769. The molecule has 0 aliphatic rings. The smallest absolute Gasteiger partial charge is 0.274 e. The van der Waals surface area contributed by atoms with Crippen LogP contribution in [0, 0.1) is 15.9 Å². The Hall–Kier alpha value is -1.66. The van der Waals surface area contributed by atoms with E-state index in [0.29, 0.717) is 15.1 Å². The molecule has 4 nitrogen and oxygen atoms in total. The lowest BCUT2D eigenvalue weighted by Crippen LogP contribution is -2.04.